The van der Waals surface area contributed by atoms with Crippen LogP contribution in [0, 0.1) is 0 Å². The largest absolute Gasteiger partial charge is 0.396 e. The minimum Gasteiger partial charge on any atom is -0.396 e. The predicted molar refractivity (Wildman–Crippen MR) is 61.1 cm³/mol. The van der Waals surface area contributed by atoms with Crippen molar-refractivity contribution >= 4 is 21.6 Å². The van der Waals surface area contributed by atoms with Gasteiger partial charge in [0.1, 0.15) is 0 Å². The van der Waals surface area contributed by atoms with E-state index in [1.54, 1.807) is 0 Å². The maximum absolute atomic E-state index is 11.5. The van der Waals surface area contributed by atoms with Gasteiger partial charge in [0.05, 0.1) is 24.2 Å². The van der Waals surface area contributed by atoms with E-state index in [0.717, 1.165) is 0 Å². The van der Waals surface area contributed by atoms with Gasteiger partial charge in [0.15, 0.2) is 0 Å². The molecule has 0 radical (unpaired) electrons. The molecule has 0 amide bonds. The van der Waals surface area contributed by atoms with Gasteiger partial charge >= 0.3 is 0 Å². The Labute approximate surface area is 94.2 Å². The van der Waals surface area contributed by atoms with Gasteiger partial charge in [0.2, 0.25) is 0 Å². The molecule has 0 aliphatic heterocycles. The molecule has 90 valence electrons. The maximum Gasteiger partial charge on any atom is 0.299 e. The summed E-state index contributed by atoms with van der Waals surface area (Å²) in [4.78, 5) is 3.75. The standard InChI is InChI=1S/C8H14N4O3S/c1-15-5-4-11-16(13,14)12-8-2-3-10-6-7(8)9/h2-3,6,11H,4-5,9H2,1H3,(H,10,12). The molecule has 1 aromatic rings. The number of methoxy groups -OCH3 is 1. The summed E-state index contributed by atoms with van der Waals surface area (Å²) in [5.74, 6) is 0. The summed E-state index contributed by atoms with van der Waals surface area (Å²) in [6, 6.07) is 1.48. The molecule has 1 heterocycles. The van der Waals surface area contributed by atoms with Crippen LogP contribution in [0.3, 0.4) is 0 Å². The lowest BCUT2D eigenvalue weighted by Crippen LogP contribution is -2.32. The zero-order valence-electron chi connectivity index (χ0n) is 8.80. The lowest BCUT2D eigenvalue weighted by atomic mass is 10.4. The highest BCUT2D eigenvalue weighted by atomic mass is 32.2. The average molecular weight is 246 g/mol. The highest BCUT2D eigenvalue weighted by molar-refractivity contribution is 7.90. The lowest BCUT2D eigenvalue weighted by molar-refractivity contribution is 0.204. The molecule has 7 nitrogen and oxygen atoms in total. The molecule has 0 bridgehead atoms. The number of anilines is 2. The summed E-state index contributed by atoms with van der Waals surface area (Å²) in [5.41, 5.74) is 6.10. The van der Waals surface area contributed by atoms with Crippen molar-refractivity contribution in [2.24, 2.45) is 0 Å². The highest BCUT2D eigenvalue weighted by Gasteiger charge is 2.10. The van der Waals surface area contributed by atoms with E-state index in [2.05, 4.69) is 14.4 Å². The molecule has 0 fully saturated rings. The number of hydrogen-bond donors (Lipinski definition) is 3. The van der Waals surface area contributed by atoms with Crippen molar-refractivity contribution in [3.63, 3.8) is 0 Å². The van der Waals surface area contributed by atoms with Crippen molar-refractivity contribution in [3.8, 4) is 0 Å². The minimum absolute atomic E-state index is 0.191. The molecule has 0 aliphatic carbocycles. The number of rotatable bonds is 6. The molecule has 0 atom stereocenters. The number of nitrogens with two attached hydrogens (primary N) is 1. The Bertz CT molecular complexity index is 435. The van der Waals surface area contributed by atoms with E-state index in [-0.39, 0.29) is 12.2 Å². The predicted octanol–water partition coefficient (Wildman–Crippen LogP) is -0.443. The van der Waals surface area contributed by atoms with Crippen LogP contribution < -0.4 is 15.2 Å². The Kier molecular flexibility index (Phi) is 4.47. The first-order valence-corrected chi connectivity index (χ1v) is 5.99. The monoisotopic (exact) mass is 246 g/mol. The van der Waals surface area contributed by atoms with E-state index in [1.165, 1.54) is 25.6 Å². The molecule has 0 saturated carbocycles. The second-order valence-electron chi connectivity index (χ2n) is 2.96. The third-order valence-electron chi connectivity index (χ3n) is 1.69. The SMILES string of the molecule is COCCNS(=O)(=O)Nc1ccncc1N. The van der Waals surface area contributed by atoms with E-state index in [1.807, 2.05) is 0 Å². The van der Waals surface area contributed by atoms with Gasteiger partial charge in [-0.25, -0.2) is 0 Å². The number of pyridine rings is 1. The van der Waals surface area contributed by atoms with Gasteiger partial charge in [0.25, 0.3) is 10.2 Å². The van der Waals surface area contributed by atoms with Crippen molar-refractivity contribution in [1.29, 1.82) is 0 Å². The fourth-order valence-electron chi connectivity index (χ4n) is 0.959. The third kappa shape index (κ3) is 4.01. The van der Waals surface area contributed by atoms with Gasteiger partial charge in [-0.2, -0.15) is 13.1 Å². The van der Waals surface area contributed by atoms with E-state index in [0.29, 0.717) is 12.3 Å². The van der Waals surface area contributed by atoms with Gasteiger partial charge in [-0.1, -0.05) is 0 Å². The van der Waals surface area contributed by atoms with Crippen LogP contribution in [-0.2, 0) is 14.9 Å². The van der Waals surface area contributed by atoms with Gasteiger partial charge in [-0.15, -0.1) is 0 Å². The van der Waals surface area contributed by atoms with Crippen LogP contribution in [0.4, 0.5) is 11.4 Å². The quantitative estimate of drug-likeness (QED) is 0.590. The van der Waals surface area contributed by atoms with Crippen LogP contribution in [0.15, 0.2) is 18.5 Å². The topological polar surface area (TPSA) is 106 Å². The summed E-state index contributed by atoms with van der Waals surface area (Å²) >= 11 is 0. The van der Waals surface area contributed by atoms with Crippen molar-refractivity contribution in [2.75, 3.05) is 30.7 Å². The lowest BCUT2D eigenvalue weighted by Gasteiger charge is -2.10. The second-order valence-corrected chi connectivity index (χ2v) is 4.46. The number of nitrogen functional groups attached to an aromatic ring is 1. The number of hydrogen-bond acceptors (Lipinski definition) is 5. The Morgan fingerprint density at radius 2 is 2.31 bits per heavy atom. The normalized spacial score (nSPS) is 11.3. The molecule has 1 rings (SSSR count). The number of ether oxygens (including phenoxy) is 1. The average Bonchev–Trinajstić information content (AvgIpc) is 2.21. The zero-order valence-corrected chi connectivity index (χ0v) is 9.62. The summed E-state index contributed by atoms with van der Waals surface area (Å²) in [6.07, 6.45) is 2.82. The first-order valence-electron chi connectivity index (χ1n) is 4.51. The van der Waals surface area contributed by atoms with E-state index in [9.17, 15) is 8.42 Å². The molecule has 16 heavy (non-hydrogen) atoms. The van der Waals surface area contributed by atoms with E-state index in [4.69, 9.17) is 10.5 Å². The second kappa shape index (κ2) is 5.64. The van der Waals surface area contributed by atoms with E-state index >= 15 is 0 Å². The number of nitrogens with one attached hydrogen (secondary N) is 2. The first kappa shape index (κ1) is 12.7. The highest BCUT2D eigenvalue weighted by Crippen LogP contribution is 2.15. The first-order chi connectivity index (χ1) is 7.55. The Balaban J connectivity index is 2.63. The van der Waals surface area contributed by atoms with Crippen molar-refractivity contribution in [2.45, 2.75) is 0 Å². The van der Waals surface area contributed by atoms with Crippen LogP contribution >= 0.6 is 0 Å². The van der Waals surface area contributed by atoms with Crippen molar-refractivity contribution in [1.82, 2.24) is 9.71 Å². The van der Waals surface area contributed by atoms with Crippen LogP contribution in [0.1, 0.15) is 0 Å². The van der Waals surface area contributed by atoms with E-state index < -0.39 is 10.2 Å². The van der Waals surface area contributed by atoms with Crippen LogP contribution in [0.5, 0.6) is 0 Å². The fraction of sp³-hybridized carbons (Fsp3) is 0.375. The molecular formula is C8H14N4O3S. The Hall–Kier alpha value is -1.38. The van der Waals surface area contributed by atoms with Gasteiger partial charge in [0, 0.05) is 19.9 Å². The smallest absolute Gasteiger partial charge is 0.299 e. The van der Waals surface area contributed by atoms with Crippen LogP contribution in [0.25, 0.3) is 0 Å². The summed E-state index contributed by atoms with van der Waals surface area (Å²) in [6.45, 7) is 0.490. The van der Waals surface area contributed by atoms with Crippen molar-refractivity contribution < 1.29 is 13.2 Å². The van der Waals surface area contributed by atoms with Gasteiger partial charge < -0.3 is 10.5 Å². The Morgan fingerprint density at radius 1 is 1.56 bits per heavy atom. The van der Waals surface area contributed by atoms with Gasteiger partial charge in [-0.05, 0) is 6.07 Å². The molecule has 1 aromatic heterocycles. The molecule has 0 aromatic carbocycles. The Morgan fingerprint density at radius 3 is 2.94 bits per heavy atom. The molecule has 4 N–H and O–H groups in total. The molecule has 0 unspecified atom stereocenters. The molecular weight excluding hydrogens is 232 g/mol. The number of nitrogens with zero attached hydrogens (tertiary/aromatic N) is 1. The fourth-order valence-corrected chi connectivity index (χ4v) is 1.86. The van der Waals surface area contributed by atoms with Crippen molar-refractivity contribution in [3.05, 3.63) is 18.5 Å². The molecule has 8 heteroatoms. The molecule has 0 aliphatic rings. The summed E-state index contributed by atoms with van der Waals surface area (Å²) in [7, 11) is -2.13. The number of aromatic nitrogens is 1. The summed E-state index contributed by atoms with van der Waals surface area (Å²) in [5, 5.41) is 0. The minimum atomic E-state index is -3.62. The summed E-state index contributed by atoms with van der Waals surface area (Å²) < 4.78 is 32.3. The zero-order chi connectivity index (χ0) is 12.0. The van der Waals surface area contributed by atoms with Crippen LogP contribution in [0.2, 0.25) is 0 Å². The van der Waals surface area contributed by atoms with Gasteiger partial charge in [-0.3, -0.25) is 9.71 Å². The molecule has 0 saturated heterocycles. The third-order valence-corrected chi connectivity index (χ3v) is 2.77. The maximum atomic E-state index is 11.5. The molecule has 0 spiro atoms. The van der Waals surface area contributed by atoms with Crippen LogP contribution in [-0.4, -0.2) is 33.7 Å².